The zero-order valence-corrected chi connectivity index (χ0v) is 16.9. The maximum atomic E-state index is 10.2. The van der Waals surface area contributed by atoms with Crippen molar-refractivity contribution < 1.29 is 9.47 Å². The van der Waals surface area contributed by atoms with Crippen LogP contribution in [0.1, 0.15) is 57.9 Å². The number of ether oxygens (including phenoxy) is 2. The summed E-state index contributed by atoms with van der Waals surface area (Å²) in [5.41, 5.74) is -2.79. The van der Waals surface area contributed by atoms with Gasteiger partial charge in [-0.05, 0) is 6.42 Å². The van der Waals surface area contributed by atoms with E-state index in [1.165, 1.54) is 0 Å². The minimum Gasteiger partial charge on any atom is -0.443 e. The third-order valence-electron chi connectivity index (χ3n) is 6.53. The van der Waals surface area contributed by atoms with Crippen LogP contribution in [0.15, 0.2) is 30.3 Å². The number of rotatable bonds is 7. The molecule has 3 rings (SSSR count). The van der Waals surface area contributed by atoms with Crippen molar-refractivity contribution in [3.63, 3.8) is 0 Å². The van der Waals surface area contributed by atoms with Crippen molar-refractivity contribution >= 4 is 5.90 Å². The third kappa shape index (κ3) is 2.73. The molecule has 2 fully saturated rings. The summed E-state index contributed by atoms with van der Waals surface area (Å²) in [6.45, 7) is 3.88. The Labute approximate surface area is 172 Å². The number of nitrogens with one attached hydrogen (secondary N) is 1. The summed E-state index contributed by atoms with van der Waals surface area (Å²) in [6.07, 6.45) is 4.72. The molecule has 150 valence electrons. The first-order valence-electron chi connectivity index (χ1n) is 10.2. The average molecular weight is 390 g/mol. The van der Waals surface area contributed by atoms with Gasteiger partial charge in [0.2, 0.25) is 11.7 Å². The van der Waals surface area contributed by atoms with E-state index in [1.807, 2.05) is 30.3 Å². The van der Waals surface area contributed by atoms with Crippen molar-refractivity contribution in [3.8, 4) is 18.2 Å². The maximum Gasteiger partial charge on any atom is 0.243 e. The van der Waals surface area contributed by atoms with Gasteiger partial charge in [-0.2, -0.15) is 15.8 Å². The average Bonchev–Trinajstić information content (AvgIpc) is 2.91. The third-order valence-corrected chi connectivity index (χ3v) is 6.53. The molecule has 2 aliphatic rings. The molecule has 0 radical (unpaired) electrons. The lowest BCUT2D eigenvalue weighted by Gasteiger charge is -2.48. The highest BCUT2D eigenvalue weighted by Crippen LogP contribution is 2.65. The molecule has 2 heterocycles. The minimum atomic E-state index is -1.79. The van der Waals surface area contributed by atoms with Gasteiger partial charge in [0.05, 0.1) is 30.2 Å². The fourth-order valence-corrected chi connectivity index (χ4v) is 4.84. The summed E-state index contributed by atoms with van der Waals surface area (Å²) in [6, 6.07) is 15.6. The largest absolute Gasteiger partial charge is 0.443 e. The van der Waals surface area contributed by atoms with Gasteiger partial charge in [0, 0.05) is 5.56 Å². The summed E-state index contributed by atoms with van der Waals surface area (Å²) in [5.74, 6) is -2.39. The van der Waals surface area contributed by atoms with Gasteiger partial charge >= 0.3 is 0 Å². The predicted molar refractivity (Wildman–Crippen MR) is 106 cm³/mol. The molecule has 2 aliphatic heterocycles. The van der Waals surface area contributed by atoms with E-state index < -0.39 is 28.6 Å². The van der Waals surface area contributed by atoms with E-state index in [2.05, 4.69) is 25.1 Å². The monoisotopic (exact) mass is 390 g/mol. The van der Waals surface area contributed by atoms with Gasteiger partial charge in [0.1, 0.15) is 0 Å². The van der Waals surface area contributed by atoms with Crippen molar-refractivity contribution in [2.75, 3.05) is 0 Å². The summed E-state index contributed by atoms with van der Waals surface area (Å²) >= 11 is 0. The topological polar surface area (TPSA) is 114 Å². The Balaban J connectivity index is 2.08. The molecular weight excluding hydrogens is 364 g/mol. The van der Waals surface area contributed by atoms with Crippen LogP contribution in [0.25, 0.3) is 0 Å². The van der Waals surface area contributed by atoms with Gasteiger partial charge < -0.3 is 9.47 Å². The van der Waals surface area contributed by atoms with Gasteiger partial charge in [0.25, 0.3) is 0 Å². The molecule has 4 unspecified atom stereocenters. The van der Waals surface area contributed by atoms with E-state index >= 15 is 0 Å². The fourth-order valence-electron chi connectivity index (χ4n) is 4.84. The molecular formula is C23H26N4O2. The number of nitriles is 3. The first-order valence-corrected chi connectivity index (χ1v) is 10.2. The highest BCUT2D eigenvalue weighted by Gasteiger charge is 2.79. The van der Waals surface area contributed by atoms with E-state index in [9.17, 15) is 15.8 Å². The van der Waals surface area contributed by atoms with E-state index in [0.717, 1.165) is 32.1 Å². The van der Waals surface area contributed by atoms with Crippen LogP contribution in [0.4, 0.5) is 0 Å². The summed E-state index contributed by atoms with van der Waals surface area (Å²) in [4.78, 5) is 0. The molecule has 2 saturated heterocycles. The fraction of sp³-hybridized carbons (Fsp3) is 0.565. The smallest absolute Gasteiger partial charge is 0.243 e. The van der Waals surface area contributed by atoms with Crippen LogP contribution in [-0.2, 0) is 15.3 Å². The number of nitrogens with zero attached hydrogens (tertiary/aromatic N) is 3. The standard InChI is InChI=1S/C23H26N4O2/c1-3-4-5-6-10-13-19-21(14-24,15-25)22(16-26)17(2)23(28-19,29-20(22)27)18-11-8-7-9-12-18/h7-9,11-12,17,19,27H,3-6,10,13H2,1-2H3. The minimum absolute atomic E-state index is 0.354. The highest BCUT2D eigenvalue weighted by atomic mass is 16.7. The Morgan fingerprint density at radius 1 is 1.00 bits per heavy atom. The van der Waals surface area contributed by atoms with E-state index in [-0.39, 0.29) is 5.90 Å². The normalized spacial score (nSPS) is 31.9. The van der Waals surface area contributed by atoms with Crippen molar-refractivity contribution in [3.05, 3.63) is 35.9 Å². The lowest BCUT2D eigenvalue weighted by Crippen LogP contribution is -2.60. The number of hydrogen-bond donors (Lipinski definition) is 1. The van der Waals surface area contributed by atoms with E-state index in [0.29, 0.717) is 12.0 Å². The van der Waals surface area contributed by atoms with Crippen molar-refractivity contribution in [2.24, 2.45) is 16.7 Å². The molecule has 6 nitrogen and oxygen atoms in total. The number of benzene rings is 1. The van der Waals surface area contributed by atoms with Gasteiger partial charge in [0.15, 0.2) is 10.8 Å². The number of unbranched alkanes of at least 4 members (excludes halogenated alkanes) is 4. The van der Waals surface area contributed by atoms with Crippen molar-refractivity contribution in [2.45, 2.75) is 64.3 Å². The molecule has 1 N–H and O–H groups in total. The first kappa shape index (κ1) is 20.8. The Bertz CT molecular complexity index is 880. The lowest BCUT2D eigenvalue weighted by molar-refractivity contribution is -0.286. The van der Waals surface area contributed by atoms with Gasteiger partial charge in [-0.15, -0.1) is 0 Å². The molecule has 0 aliphatic carbocycles. The van der Waals surface area contributed by atoms with Gasteiger partial charge in [-0.1, -0.05) is 76.3 Å². The molecule has 1 aromatic rings. The molecule has 0 amide bonds. The molecule has 6 heteroatoms. The Morgan fingerprint density at radius 3 is 2.24 bits per heavy atom. The zero-order valence-electron chi connectivity index (χ0n) is 16.9. The SMILES string of the molecule is CCCCCCCC1OC2(c3ccccc3)OC(=N)C(C#N)(C2C)C1(C#N)C#N. The highest BCUT2D eigenvalue weighted by molar-refractivity contribution is 5.89. The van der Waals surface area contributed by atoms with Crippen LogP contribution in [0.5, 0.6) is 0 Å². The van der Waals surface area contributed by atoms with E-state index in [1.54, 1.807) is 6.92 Å². The second kappa shape index (κ2) is 7.86. The Kier molecular flexibility index (Phi) is 5.65. The first-order chi connectivity index (χ1) is 14.0. The van der Waals surface area contributed by atoms with Crippen LogP contribution in [0.3, 0.4) is 0 Å². The van der Waals surface area contributed by atoms with E-state index in [4.69, 9.17) is 14.9 Å². The quantitative estimate of drug-likeness (QED) is 0.673. The van der Waals surface area contributed by atoms with Crippen LogP contribution < -0.4 is 0 Å². The predicted octanol–water partition coefficient (Wildman–Crippen LogP) is 4.79. The van der Waals surface area contributed by atoms with Crippen LogP contribution >= 0.6 is 0 Å². The van der Waals surface area contributed by atoms with Crippen molar-refractivity contribution in [1.29, 1.82) is 21.2 Å². The van der Waals surface area contributed by atoms with Gasteiger partial charge in [-0.25, -0.2) is 0 Å². The lowest BCUT2D eigenvalue weighted by atomic mass is 9.53. The molecule has 0 aromatic heterocycles. The molecule has 2 bridgehead atoms. The second-order valence-corrected chi connectivity index (χ2v) is 7.95. The van der Waals surface area contributed by atoms with Crippen LogP contribution in [0, 0.1) is 56.2 Å². The Morgan fingerprint density at radius 2 is 1.66 bits per heavy atom. The van der Waals surface area contributed by atoms with Crippen LogP contribution in [-0.4, -0.2) is 12.0 Å². The molecule has 4 atom stereocenters. The number of hydrogen-bond acceptors (Lipinski definition) is 6. The number of fused-ring (bicyclic) bond motifs is 2. The zero-order chi connectivity index (χ0) is 21.1. The Hall–Kier alpha value is -2.88. The van der Waals surface area contributed by atoms with Crippen LogP contribution in [0.2, 0.25) is 0 Å². The second-order valence-electron chi connectivity index (χ2n) is 7.95. The molecule has 1 aromatic carbocycles. The molecule has 0 spiro atoms. The summed E-state index contributed by atoms with van der Waals surface area (Å²) in [5, 5.41) is 38.9. The maximum absolute atomic E-state index is 10.2. The summed E-state index contributed by atoms with van der Waals surface area (Å²) in [7, 11) is 0. The van der Waals surface area contributed by atoms with Crippen molar-refractivity contribution in [1.82, 2.24) is 0 Å². The molecule has 29 heavy (non-hydrogen) atoms. The van der Waals surface area contributed by atoms with Gasteiger partial charge in [-0.3, -0.25) is 5.41 Å². The molecule has 0 saturated carbocycles. The summed E-state index contributed by atoms with van der Waals surface area (Å²) < 4.78 is 12.3.